The van der Waals surface area contributed by atoms with E-state index in [0.29, 0.717) is 0 Å². The van der Waals surface area contributed by atoms with Gasteiger partial charge in [0.1, 0.15) is 3.23 Å². The molecule has 1 saturated carbocycles. The fourth-order valence-corrected chi connectivity index (χ4v) is 6.43. The van der Waals surface area contributed by atoms with Crippen molar-refractivity contribution in [3.63, 3.8) is 0 Å². The number of fused-ring (bicyclic) bond motifs is 1. The van der Waals surface area contributed by atoms with Gasteiger partial charge in [-0.15, -0.1) is 11.3 Å². The van der Waals surface area contributed by atoms with Crippen LogP contribution < -0.4 is 0 Å². The smallest absolute Gasteiger partial charge is 0.191 e. The predicted molar refractivity (Wildman–Crippen MR) is 81.5 cm³/mol. The van der Waals surface area contributed by atoms with Gasteiger partial charge in [0.05, 0.1) is 3.79 Å². The maximum Gasteiger partial charge on any atom is 0.191 e. The minimum Gasteiger partial charge on any atom is -0.292 e. The van der Waals surface area contributed by atoms with E-state index in [0.717, 1.165) is 28.6 Å². The van der Waals surface area contributed by atoms with Crippen molar-refractivity contribution in [1.29, 1.82) is 0 Å². The van der Waals surface area contributed by atoms with Gasteiger partial charge in [-0.2, -0.15) is 0 Å². The molecule has 1 heterocycles. The fraction of sp³-hybridized carbons (Fsp3) is 0.583. The zero-order valence-electron chi connectivity index (χ0n) is 9.06. The zero-order chi connectivity index (χ0) is 12.3. The van der Waals surface area contributed by atoms with Gasteiger partial charge in [-0.25, -0.2) is 0 Å². The first-order valence-electron chi connectivity index (χ1n) is 5.67. The molecule has 92 valence electrons. The maximum absolute atomic E-state index is 12.6. The second-order valence-corrected chi connectivity index (χ2v) is 10.9. The van der Waals surface area contributed by atoms with Crippen LogP contribution in [0, 0.1) is 5.41 Å². The average molecular weight is 443 g/mol. The summed E-state index contributed by atoms with van der Waals surface area (Å²) in [4.78, 5) is 13.9. The van der Waals surface area contributed by atoms with Gasteiger partial charge in [0.25, 0.3) is 0 Å². The Kier molecular flexibility index (Phi) is 3.13. The quantitative estimate of drug-likeness (QED) is 0.498. The van der Waals surface area contributed by atoms with Crippen LogP contribution in [0.15, 0.2) is 9.85 Å². The lowest BCUT2D eigenvalue weighted by Gasteiger charge is -2.43. The summed E-state index contributed by atoms with van der Waals surface area (Å²) in [7, 11) is 0. The molecule has 0 amide bonds. The molecular formula is C12H11Br3OS. The highest BCUT2D eigenvalue weighted by molar-refractivity contribution is 9.26. The number of ketones is 1. The lowest BCUT2D eigenvalue weighted by molar-refractivity contribution is 0.0890. The van der Waals surface area contributed by atoms with Crippen LogP contribution in [-0.4, -0.2) is 9.02 Å². The molecule has 2 aliphatic carbocycles. The summed E-state index contributed by atoms with van der Waals surface area (Å²) in [5, 5.41) is 0. The number of carbonyl (C=O) groups is 1. The van der Waals surface area contributed by atoms with Crippen molar-refractivity contribution in [3.05, 3.63) is 20.3 Å². The van der Waals surface area contributed by atoms with Crippen molar-refractivity contribution < 1.29 is 4.79 Å². The molecule has 17 heavy (non-hydrogen) atoms. The number of Topliss-reactive ketones (excluding diaryl/α,β-unsaturated/α-hetero) is 1. The van der Waals surface area contributed by atoms with E-state index < -0.39 is 3.23 Å². The number of thiophene rings is 1. The first-order valence-corrected chi connectivity index (χ1v) is 8.87. The van der Waals surface area contributed by atoms with Gasteiger partial charge in [0.2, 0.25) is 0 Å². The Morgan fingerprint density at radius 1 is 1.24 bits per heavy atom. The number of carbonyl (C=O) groups excluding carboxylic acids is 1. The van der Waals surface area contributed by atoms with E-state index in [2.05, 4.69) is 47.8 Å². The lowest BCUT2D eigenvalue weighted by atomic mass is 9.72. The van der Waals surface area contributed by atoms with Gasteiger partial charge in [0.15, 0.2) is 5.78 Å². The Morgan fingerprint density at radius 2 is 1.88 bits per heavy atom. The molecule has 0 atom stereocenters. The molecular weight excluding hydrogens is 432 g/mol. The van der Waals surface area contributed by atoms with E-state index in [9.17, 15) is 4.79 Å². The van der Waals surface area contributed by atoms with Crippen LogP contribution >= 0.6 is 59.1 Å². The Balaban J connectivity index is 2.15. The lowest BCUT2D eigenvalue weighted by Crippen LogP contribution is -2.47. The van der Waals surface area contributed by atoms with E-state index in [1.807, 2.05) is 6.07 Å². The van der Waals surface area contributed by atoms with Crippen LogP contribution in [0.5, 0.6) is 0 Å². The van der Waals surface area contributed by atoms with Crippen molar-refractivity contribution in [2.24, 2.45) is 5.41 Å². The molecule has 1 nitrogen and oxygen atoms in total. The molecule has 2 aliphatic rings. The molecule has 3 rings (SSSR count). The Bertz CT molecular complexity index is 486. The van der Waals surface area contributed by atoms with E-state index >= 15 is 0 Å². The average Bonchev–Trinajstić information content (AvgIpc) is 2.84. The number of rotatable bonds is 0. The number of alkyl halides is 2. The molecule has 0 unspecified atom stereocenters. The molecule has 0 aliphatic heterocycles. The summed E-state index contributed by atoms with van der Waals surface area (Å²) in [5.41, 5.74) is 0.953. The predicted octanol–water partition coefficient (Wildman–Crippen LogP) is 5.30. The van der Waals surface area contributed by atoms with E-state index in [4.69, 9.17) is 0 Å². The van der Waals surface area contributed by atoms with Crippen LogP contribution in [-0.2, 0) is 6.42 Å². The minimum absolute atomic E-state index is 0.0708. The third-order valence-electron chi connectivity index (χ3n) is 4.03. The third kappa shape index (κ3) is 1.76. The Morgan fingerprint density at radius 3 is 2.53 bits per heavy atom. The molecule has 1 aromatic heterocycles. The van der Waals surface area contributed by atoms with Gasteiger partial charge < -0.3 is 0 Å². The monoisotopic (exact) mass is 440 g/mol. The van der Waals surface area contributed by atoms with Gasteiger partial charge in [-0.3, -0.25) is 4.79 Å². The van der Waals surface area contributed by atoms with E-state index in [1.165, 1.54) is 17.7 Å². The first kappa shape index (κ1) is 12.8. The first-order chi connectivity index (χ1) is 7.96. The van der Waals surface area contributed by atoms with Crippen molar-refractivity contribution in [2.75, 3.05) is 0 Å². The van der Waals surface area contributed by atoms with Crippen LogP contribution in [0.25, 0.3) is 0 Å². The van der Waals surface area contributed by atoms with Crippen molar-refractivity contribution in [3.8, 4) is 0 Å². The second kappa shape index (κ2) is 4.15. The summed E-state index contributed by atoms with van der Waals surface area (Å²) >= 11 is 12.6. The maximum atomic E-state index is 12.6. The van der Waals surface area contributed by atoms with Crippen LogP contribution in [0.4, 0.5) is 0 Å². The van der Waals surface area contributed by atoms with Crippen LogP contribution in [0.1, 0.15) is 40.9 Å². The molecule has 0 radical (unpaired) electrons. The highest BCUT2D eigenvalue weighted by Crippen LogP contribution is 2.60. The topological polar surface area (TPSA) is 17.1 Å². The van der Waals surface area contributed by atoms with Crippen molar-refractivity contribution in [2.45, 2.75) is 35.3 Å². The highest BCUT2D eigenvalue weighted by Gasteiger charge is 2.57. The molecule has 0 N–H and O–H groups in total. The zero-order valence-corrected chi connectivity index (χ0v) is 14.6. The van der Waals surface area contributed by atoms with Crippen LogP contribution in [0.3, 0.4) is 0 Å². The summed E-state index contributed by atoms with van der Waals surface area (Å²) in [6.07, 6.45) is 5.73. The second-order valence-electron chi connectivity index (χ2n) is 4.96. The standard InChI is InChI=1S/C12H11Br3OS/c13-9-5-7-8(17-9)6-11(3-1-2-4-11)12(14,15)10(7)16/h5H,1-4,6H2. The van der Waals surface area contributed by atoms with Gasteiger partial charge in [-0.1, -0.05) is 44.7 Å². The number of hydrogen-bond donors (Lipinski definition) is 0. The molecule has 1 fully saturated rings. The summed E-state index contributed by atoms with van der Waals surface area (Å²) < 4.78 is 0.499. The molecule has 0 aromatic carbocycles. The molecule has 0 saturated heterocycles. The highest BCUT2D eigenvalue weighted by atomic mass is 79.9. The molecule has 1 spiro atoms. The fourth-order valence-electron chi connectivity index (χ4n) is 3.09. The number of halogens is 3. The van der Waals surface area contributed by atoms with Crippen molar-refractivity contribution >= 4 is 64.9 Å². The van der Waals surface area contributed by atoms with Gasteiger partial charge in [-0.05, 0) is 41.3 Å². The largest absolute Gasteiger partial charge is 0.292 e. The summed E-state index contributed by atoms with van der Waals surface area (Å²) in [6, 6.07) is 1.96. The van der Waals surface area contributed by atoms with E-state index in [-0.39, 0.29) is 11.2 Å². The van der Waals surface area contributed by atoms with Gasteiger partial charge in [0, 0.05) is 15.9 Å². The number of hydrogen-bond acceptors (Lipinski definition) is 2. The van der Waals surface area contributed by atoms with Crippen molar-refractivity contribution in [1.82, 2.24) is 0 Å². The van der Waals surface area contributed by atoms with E-state index in [1.54, 1.807) is 11.3 Å². The normalized spacial score (nSPS) is 25.2. The van der Waals surface area contributed by atoms with Crippen LogP contribution in [0.2, 0.25) is 0 Å². The Labute approximate surface area is 130 Å². The third-order valence-corrected chi connectivity index (χ3v) is 8.07. The minimum atomic E-state index is -0.559. The molecule has 1 aromatic rings. The molecule has 5 heteroatoms. The van der Waals surface area contributed by atoms with Gasteiger partial charge >= 0.3 is 0 Å². The SMILES string of the molecule is O=C1c2cc(Br)sc2CC2(CCCC2)C1(Br)Br. The summed E-state index contributed by atoms with van der Waals surface area (Å²) in [6.45, 7) is 0. The Hall–Kier alpha value is 0.810. The molecule has 0 bridgehead atoms. The summed E-state index contributed by atoms with van der Waals surface area (Å²) in [5.74, 6) is 0.197.